The van der Waals surface area contributed by atoms with Crippen LogP contribution in [0, 0.1) is 11.8 Å². The fourth-order valence-corrected chi connectivity index (χ4v) is 6.49. The Morgan fingerprint density at radius 2 is 1.62 bits per heavy atom. The first-order valence-corrected chi connectivity index (χ1v) is 12.1. The van der Waals surface area contributed by atoms with E-state index in [4.69, 9.17) is 9.47 Å². The molecule has 3 atom stereocenters. The summed E-state index contributed by atoms with van der Waals surface area (Å²) in [6.45, 7) is 4.42. The van der Waals surface area contributed by atoms with Crippen LogP contribution in [0.1, 0.15) is 64.2 Å². The molecule has 2 aliphatic carbocycles. The van der Waals surface area contributed by atoms with Crippen LogP contribution in [-0.2, 0) is 14.3 Å². The Kier molecular flexibility index (Phi) is 7.49. The maximum atomic E-state index is 12.6. The predicted octanol–water partition coefficient (Wildman–Crippen LogP) is 1.59. The second-order valence-electron chi connectivity index (χ2n) is 10.0. The number of carbonyl (C=O) groups excluding carboxylic acids is 1. The SMILES string of the molecule is COC(=O)[C@@H]1CC2[NH2+]CN(CC3CCC(OC)CC3)C2CN1CC1CCCCC1. The van der Waals surface area contributed by atoms with E-state index >= 15 is 0 Å². The number of hydrogen-bond donors (Lipinski definition) is 1. The molecule has 2 aliphatic heterocycles. The standard InChI is InChI=1S/C23H41N3O3/c1-28-19-10-8-18(9-11-19)14-26-16-24-20-12-21(23(27)29-2)25(15-22(20)26)13-17-6-4-3-5-7-17/h17-22,24H,3-16H2,1-2H3/p+1/t18?,19?,20?,21-,22?/m0/s1. The second-order valence-corrected chi connectivity index (χ2v) is 10.0. The summed E-state index contributed by atoms with van der Waals surface area (Å²) in [7, 11) is 3.40. The van der Waals surface area contributed by atoms with Crippen LogP contribution in [0.2, 0.25) is 0 Å². The van der Waals surface area contributed by atoms with Gasteiger partial charge >= 0.3 is 5.97 Å². The van der Waals surface area contributed by atoms with E-state index in [1.807, 2.05) is 7.11 Å². The van der Waals surface area contributed by atoms with Crippen LogP contribution < -0.4 is 5.32 Å². The summed E-state index contributed by atoms with van der Waals surface area (Å²) in [5.74, 6) is 1.54. The van der Waals surface area contributed by atoms with E-state index in [-0.39, 0.29) is 12.0 Å². The molecule has 4 aliphatic rings. The summed E-state index contributed by atoms with van der Waals surface area (Å²) in [6, 6.07) is 1.08. The molecule has 0 radical (unpaired) electrons. The van der Waals surface area contributed by atoms with Crippen LogP contribution in [0.4, 0.5) is 0 Å². The Hall–Kier alpha value is -0.690. The monoisotopic (exact) mass is 408 g/mol. The first kappa shape index (κ1) is 21.5. The molecular weight excluding hydrogens is 366 g/mol. The number of carbonyl (C=O) groups is 1. The van der Waals surface area contributed by atoms with Crippen molar-refractivity contribution in [3.63, 3.8) is 0 Å². The largest absolute Gasteiger partial charge is 0.468 e. The minimum atomic E-state index is -0.0449. The molecule has 2 saturated heterocycles. The second kappa shape index (κ2) is 10.1. The summed E-state index contributed by atoms with van der Waals surface area (Å²) >= 11 is 0. The fraction of sp³-hybridized carbons (Fsp3) is 0.957. The van der Waals surface area contributed by atoms with Gasteiger partial charge in [0, 0.05) is 33.2 Å². The highest BCUT2D eigenvalue weighted by atomic mass is 16.5. The molecule has 2 heterocycles. The lowest BCUT2D eigenvalue weighted by molar-refractivity contribution is -0.678. The van der Waals surface area contributed by atoms with Gasteiger partial charge in [0.05, 0.1) is 19.3 Å². The molecule has 0 aromatic heterocycles. The van der Waals surface area contributed by atoms with Crippen molar-refractivity contribution >= 4 is 5.97 Å². The predicted molar refractivity (Wildman–Crippen MR) is 112 cm³/mol. The molecule has 6 nitrogen and oxygen atoms in total. The number of nitrogens with zero attached hydrogens (tertiary/aromatic N) is 2. The number of likely N-dealkylation sites (tertiary alicyclic amines) is 1. The maximum Gasteiger partial charge on any atom is 0.323 e. The van der Waals surface area contributed by atoms with Gasteiger partial charge in [-0.15, -0.1) is 0 Å². The first-order chi connectivity index (χ1) is 14.2. The van der Waals surface area contributed by atoms with E-state index in [2.05, 4.69) is 15.1 Å². The summed E-state index contributed by atoms with van der Waals surface area (Å²) in [4.78, 5) is 17.8. The van der Waals surface area contributed by atoms with E-state index in [9.17, 15) is 4.79 Å². The quantitative estimate of drug-likeness (QED) is 0.677. The number of methoxy groups -OCH3 is 2. The Morgan fingerprint density at radius 3 is 2.31 bits per heavy atom. The van der Waals surface area contributed by atoms with E-state index < -0.39 is 0 Å². The topological polar surface area (TPSA) is 58.6 Å². The van der Waals surface area contributed by atoms with Crippen LogP contribution in [0.25, 0.3) is 0 Å². The number of quaternary nitrogens is 1. The Morgan fingerprint density at radius 1 is 0.931 bits per heavy atom. The molecule has 0 spiro atoms. The van der Waals surface area contributed by atoms with Gasteiger partial charge in [0.2, 0.25) is 0 Å². The highest BCUT2D eigenvalue weighted by Gasteiger charge is 2.48. The van der Waals surface area contributed by atoms with Crippen LogP contribution in [0.3, 0.4) is 0 Å². The summed E-state index contributed by atoms with van der Waals surface area (Å²) in [5, 5.41) is 2.49. The molecular formula is C23H42N3O3+. The molecule has 0 aromatic rings. The van der Waals surface area contributed by atoms with Crippen molar-refractivity contribution in [1.29, 1.82) is 0 Å². The van der Waals surface area contributed by atoms with Crippen molar-refractivity contribution < 1.29 is 19.6 Å². The van der Waals surface area contributed by atoms with E-state index in [1.165, 1.54) is 64.3 Å². The fourth-order valence-electron chi connectivity index (χ4n) is 6.49. The average molecular weight is 409 g/mol. The van der Waals surface area contributed by atoms with Crippen LogP contribution in [-0.4, -0.2) is 80.5 Å². The van der Waals surface area contributed by atoms with E-state index in [0.29, 0.717) is 18.2 Å². The number of rotatable bonds is 6. The molecule has 2 N–H and O–H groups in total. The number of ether oxygens (including phenoxy) is 2. The third-order valence-electron chi connectivity index (χ3n) is 8.27. The lowest BCUT2D eigenvalue weighted by Gasteiger charge is -2.42. The highest BCUT2D eigenvalue weighted by Crippen LogP contribution is 2.31. The van der Waals surface area contributed by atoms with Crippen molar-refractivity contribution in [3.05, 3.63) is 0 Å². The zero-order chi connectivity index (χ0) is 20.2. The Balaban J connectivity index is 1.37. The molecule has 0 amide bonds. The summed E-state index contributed by atoms with van der Waals surface area (Å²) in [6.07, 6.45) is 13.2. The van der Waals surface area contributed by atoms with Gasteiger partial charge in [-0.1, -0.05) is 19.3 Å². The van der Waals surface area contributed by atoms with Crippen molar-refractivity contribution in [3.8, 4) is 0 Å². The molecule has 6 heteroatoms. The number of fused-ring (bicyclic) bond motifs is 1. The lowest BCUT2D eigenvalue weighted by Crippen LogP contribution is -2.89. The minimum absolute atomic E-state index is 0.0241. The molecule has 2 unspecified atom stereocenters. The zero-order valence-electron chi connectivity index (χ0n) is 18.6. The van der Waals surface area contributed by atoms with Crippen molar-refractivity contribution in [2.75, 3.05) is 40.5 Å². The Labute approximate surface area is 176 Å². The third kappa shape index (κ3) is 5.15. The van der Waals surface area contributed by atoms with Crippen molar-refractivity contribution in [2.24, 2.45) is 11.8 Å². The average Bonchev–Trinajstić information content (AvgIpc) is 3.15. The van der Waals surface area contributed by atoms with Gasteiger partial charge in [0.1, 0.15) is 18.8 Å². The third-order valence-corrected chi connectivity index (χ3v) is 8.27. The van der Waals surface area contributed by atoms with Crippen LogP contribution >= 0.6 is 0 Å². The molecule has 166 valence electrons. The maximum absolute atomic E-state index is 12.6. The van der Waals surface area contributed by atoms with Gasteiger partial charge in [-0.3, -0.25) is 9.69 Å². The van der Waals surface area contributed by atoms with Crippen LogP contribution in [0.5, 0.6) is 0 Å². The normalized spacial score (nSPS) is 37.4. The molecule has 2 saturated carbocycles. The highest BCUT2D eigenvalue weighted by molar-refractivity contribution is 5.75. The molecule has 0 bridgehead atoms. The number of nitrogens with two attached hydrogens (primary N) is 1. The number of esters is 1. The van der Waals surface area contributed by atoms with E-state index in [0.717, 1.165) is 38.0 Å². The zero-order valence-corrected chi connectivity index (χ0v) is 18.6. The molecule has 29 heavy (non-hydrogen) atoms. The summed E-state index contributed by atoms with van der Waals surface area (Å²) < 4.78 is 10.8. The lowest BCUT2D eigenvalue weighted by atomic mass is 9.85. The molecule has 4 rings (SSSR count). The van der Waals surface area contributed by atoms with Gasteiger partial charge in [-0.2, -0.15) is 0 Å². The first-order valence-electron chi connectivity index (χ1n) is 12.1. The van der Waals surface area contributed by atoms with E-state index in [1.54, 1.807) is 7.11 Å². The minimum Gasteiger partial charge on any atom is -0.468 e. The molecule has 4 fully saturated rings. The smallest absolute Gasteiger partial charge is 0.323 e. The van der Waals surface area contributed by atoms with Gasteiger partial charge < -0.3 is 14.8 Å². The van der Waals surface area contributed by atoms with Gasteiger partial charge in [-0.25, -0.2) is 4.90 Å². The van der Waals surface area contributed by atoms with Gasteiger partial charge in [0.25, 0.3) is 0 Å². The summed E-state index contributed by atoms with van der Waals surface area (Å²) in [5.41, 5.74) is 0. The van der Waals surface area contributed by atoms with Gasteiger partial charge in [0.15, 0.2) is 0 Å². The Bertz CT molecular complexity index is 531. The molecule has 0 aromatic carbocycles. The van der Waals surface area contributed by atoms with Crippen molar-refractivity contribution in [2.45, 2.75) is 88.4 Å². The number of piperidine rings is 1. The van der Waals surface area contributed by atoms with Crippen molar-refractivity contribution in [1.82, 2.24) is 9.80 Å². The number of hydrogen-bond acceptors (Lipinski definition) is 5. The van der Waals surface area contributed by atoms with Crippen LogP contribution in [0.15, 0.2) is 0 Å². The van der Waals surface area contributed by atoms with Gasteiger partial charge in [-0.05, 0) is 50.4 Å².